The van der Waals surface area contributed by atoms with Gasteiger partial charge >= 0.3 is 5.97 Å². The van der Waals surface area contributed by atoms with Gasteiger partial charge in [0.15, 0.2) is 11.4 Å². The van der Waals surface area contributed by atoms with Crippen LogP contribution in [-0.2, 0) is 0 Å². The molecule has 0 aromatic carbocycles. The monoisotopic (exact) mass is 304 g/mol. The van der Waals surface area contributed by atoms with Crippen LogP contribution >= 0.6 is 0 Å². The van der Waals surface area contributed by atoms with E-state index in [-0.39, 0.29) is 35.0 Å². The average Bonchev–Trinajstić information content (AvgIpc) is 3.14. The molecule has 0 unspecified atom stereocenters. The van der Waals surface area contributed by atoms with E-state index >= 15 is 0 Å². The van der Waals surface area contributed by atoms with Gasteiger partial charge in [0.05, 0.1) is 19.2 Å². The maximum absolute atomic E-state index is 12.7. The van der Waals surface area contributed by atoms with Crippen LogP contribution in [0.2, 0.25) is 0 Å². The van der Waals surface area contributed by atoms with Gasteiger partial charge in [-0.3, -0.25) is 9.59 Å². The van der Waals surface area contributed by atoms with Gasteiger partial charge in [0.2, 0.25) is 5.43 Å². The minimum absolute atomic E-state index is 0.0223. The Balaban J connectivity index is 1.99. The smallest absolute Gasteiger partial charge is 0.341 e. The van der Waals surface area contributed by atoms with E-state index < -0.39 is 11.4 Å². The molecule has 3 aliphatic rings. The second kappa shape index (κ2) is 4.12. The Labute approximate surface area is 126 Å². The lowest BCUT2D eigenvalue weighted by Gasteiger charge is -2.40. The first-order chi connectivity index (χ1) is 10.5. The highest BCUT2D eigenvalue weighted by molar-refractivity contribution is 5.98. The minimum atomic E-state index is -1.30. The number of amides is 1. The summed E-state index contributed by atoms with van der Waals surface area (Å²) in [5, 5.41) is 9.24. The summed E-state index contributed by atoms with van der Waals surface area (Å²) < 4.78 is 6.76. The van der Waals surface area contributed by atoms with E-state index in [1.54, 1.807) is 16.5 Å². The molecule has 4 atom stereocenters. The average molecular weight is 304 g/mol. The number of aromatic carboxylic acids is 1. The van der Waals surface area contributed by atoms with Crippen molar-refractivity contribution in [1.29, 1.82) is 0 Å². The second-order valence-corrected chi connectivity index (χ2v) is 6.34. The van der Waals surface area contributed by atoms with Crippen LogP contribution in [0.3, 0.4) is 0 Å². The van der Waals surface area contributed by atoms with Gasteiger partial charge < -0.3 is 19.3 Å². The van der Waals surface area contributed by atoms with Gasteiger partial charge in [0.25, 0.3) is 5.91 Å². The van der Waals surface area contributed by atoms with Crippen molar-refractivity contribution in [1.82, 2.24) is 9.47 Å². The zero-order valence-corrected chi connectivity index (χ0v) is 12.3. The van der Waals surface area contributed by atoms with Gasteiger partial charge in [0.1, 0.15) is 5.56 Å². The first kappa shape index (κ1) is 13.4. The molecule has 1 N–H and O–H groups in total. The minimum Gasteiger partial charge on any atom is -0.491 e. The molecule has 7 heteroatoms. The molecule has 116 valence electrons. The molecular formula is C15H16N2O5. The summed E-state index contributed by atoms with van der Waals surface area (Å²) in [5.74, 6) is -0.666. The normalized spacial score (nSPS) is 31.4. The van der Waals surface area contributed by atoms with E-state index in [1.807, 2.05) is 0 Å². The maximum Gasteiger partial charge on any atom is 0.341 e. The van der Waals surface area contributed by atoms with Crippen LogP contribution in [0.4, 0.5) is 0 Å². The molecule has 0 bridgehead atoms. The fourth-order valence-corrected chi connectivity index (χ4v) is 4.24. The molecule has 2 aliphatic carbocycles. The first-order valence-electron chi connectivity index (χ1n) is 7.29. The van der Waals surface area contributed by atoms with Crippen LogP contribution < -0.4 is 10.2 Å². The number of nitrogens with zero attached hydrogens (tertiary/aromatic N) is 2. The summed E-state index contributed by atoms with van der Waals surface area (Å²) >= 11 is 0. The first-order valence-corrected chi connectivity index (χ1v) is 7.29. The molecule has 0 radical (unpaired) electrons. The van der Waals surface area contributed by atoms with E-state index in [0.29, 0.717) is 11.8 Å². The van der Waals surface area contributed by atoms with Crippen molar-refractivity contribution in [2.24, 2.45) is 11.8 Å². The number of aromatic nitrogens is 1. The summed E-state index contributed by atoms with van der Waals surface area (Å²) in [7, 11) is 3.04. The summed E-state index contributed by atoms with van der Waals surface area (Å²) in [6.45, 7) is 0. The molecule has 1 aliphatic heterocycles. The number of carboxylic acid groups (broad SMARTS) is 1. The topological polar surface area (TPSA) is 88.8 Å². The number of hydrogen-bond acceptors (Lipinski definition) is 4. The third-order valence-electron chi connectivity index (χ3n) is 5.31. The molecular weight excluding hydrogens is 288 g/mol. The van der Waals surface area contributed by atoms with Gasteiger partial charge in [-0.15, -0.1) is 0 Å². The third-order valence-corrected chi connectivity index (χ3v) is 5.31. The van der Waals surface area contributed by atoms with Crippen molar-refractivity contribution < 1.29 is 19.4 Å². The molecule has 1 amide bonds. The number of methoxy groups -OCH3 is 1. The van der Waals surface area contributed by atoms with Gasteiger partial charge in [0, 0.05) is 13.2 Å². The van der Waals surface area contributed by atoms with Crippen LogP contribution in [0, 0.1) is 11.8 Å². The Kier molecular flexibility index (Phi) is 2.50. The van der Waals surface area contributed by atoms with Gasteiger partial charge in [-0.25, -0.2) is 4.79 Å². The highest BCUT2D eigenvalue weighted by Crippen LogP contribution is 2.59. The standard InChI is InChI=1S/C15H16N2O5/c1-16-10-7-3-6(7)4-9(10)17-5-8(15(20)21)12(18)13(22-2)11(17)14(16)19/h5-7,9-10H,3-4H2,1-2H3,(H,20,21)/t6-,7-,9-,10+/m0/s1. The zero-order valence-electron chi connectivity index (χ0n) is 12.3. The molecule has 0 saturated heterocycles. The fraction of sp³-hybridized carbons (Fsp3) is 0.533. The van der Waals surface area contributed by atoms with Gasteiger partial charge in [-0.2, -0.15) is 0 Å². The Morgan fingerprint density at radius 1 is 1.36 bits per heavy atom. The van der Waals surface area contributed by atoms with Crippen molar-refractivity contribution >= 4 is 11.9 Å². The quantitative estimate of drug-likeness (QED) is 0.864. The van der Waals surface area contributed by atoms with E-state index in [2.05, 4.69) is 0 Å². The molecule has 7 nitrogen and oxygen atoms in total. The van der Waals surface area contributed by atoms with Gasteiger partial charge in [-0.05, 0) is 24.7 Å². The second-order valence-electron chi connectivity index (χ2n) is 6.34. The van der Waals surface area contributed by atoms with E-state index in [0.717, 1.165) is 12.8 Å². The molecule has 1 aromatic rings. The molecule has 2 fully saturated rings. The van der Waals surface area contributed by atoms with Crippen LogP contribution in [-0.4, -0.2) is 46.6 Å². The van der Waals surface area contributed by atoms with Crippen LogP contribution in [0.1, 0.15) is 39.7 Å². The lowest BCUT2D eigenvalue weighted by atomic mass is 9.99. The van der Waals surface area contributed by atoms with Crippen molar-refractivity contribution in [2.45, 2.75) is 24.9 Å². The van der Waals surface area contributed by atoms with Crippen LogP contribution in [0.15, 0.2) is 11.0 Å². The maximum atomic E-state index is 12.7. The Morgan fingerprint density at radius 3 is 2.73 bits per heavy atom. The van der Waals surface area contributed by atoms with E-state index in [1.165, 1.54) is 13.3 Å². The summed E-state index contributed by atoms with van der Waals surface area (Å²) in [6, 6.07) is 0.105. The Bertz CT molecular complexity index is 768. The number of hydrogen-bond donors (Lipinski definition) is 1. The number of carboxylic acids is 1. The molecule has 2 saturated carbocycles. The van der Waals surface area contributed by atoms with Gasteiger partial charge in [-0.1, -0.05) is 0 Å². The number of carbonyl (C=O) groups is 2. The van der Waals surface area contributed by atoms with Crippen molar-refractivity contribution in [2.75, 3.05) is 14.2 Å². The third kappa shape index (κ3) is 1.48. The molecule has 22 heavy (non-hydrogen) atoms. The number of carbonyl (C=O) groups excluding carboxylic acids is 1. The largest absolute Gasteiger partial charge is 0.491 e. The number of likely N-dealkylation sites (N-methyl/N-ethyl adjacent to an activating group) is 1. The highest BCUT2D eigenvalue weighted by atomic mass is 16.5. The van der Waals surface area contributed by atoms with Crippen molar-refractivity contribution in [3.63, 3.8) is 0 Å². The lowest BCUT2D eigenvalue weighted by molar-refractivity contribution is 0.0575. The number of pyridine rings is 1. The fourth-order valence-electron chi connectivity index (χ4n) is 4.24. The number of fused-ring (bicyclic) bond motifs is 5. The molecule has 1 aromatic heterocycles. The van der Waals surface area contributed by atoms with E-state index in [9.17, 15) is 19.5 Å². The van der Waals surface area contributed by atoms with E-state index in [4.69, 9.17) is 4.74 Å². The predicted octanol–water partition coefficient (Wildman–Crippen LogP) is 0.590. The molecule has 0 spiro atoms. The van der Waals surface area contributed by atoms with Crippen molar-refractivity contribution in [3.8, 4) is 5.75 Å². The van der Waals surface area contributed by atoms with Crippen LogP contribution in [0.5, 0.6) is 5.75 Å². The van der Waals surface area contributed by atoms with Crippen LogP contribution in [0.25, 0.3) is 0 Å². The SMILES string of the molecule is COc1c2n(cc(C(=O)O)c1=O)[C@H]1C[C@@H]3C[C@@H]3[C@H]1N(C)C2=O. The zero-order chi connectivity index (χ0) is 15.8. The number of rotatable bonds is 2. The lowest BCUT2D eigenvalue weighted by Crippen LogP contribution is -2.49. The predicted molar refractivity (Wildman–Crippen MR) is 75.3 cm³/mol. The highest BCUT2D eigenvalue weighted by Gasteiger charge is 2.59. The Morgan fingerprint density at radius 2 is 2.09 bits per heavy atom. The summed E-state index contributed by atoms with van der Waals surface area (Å²) in [6.07, 6.45) is 3.35. The summed E-state index contributed by atoms with van der Waals surface area (Å²) in [5.41, 5.74) is -0.926. The molecule has 4 rings (SSSR count). The molecule has 2 heterocycles. The summed E-state index contributed by atoms with van der Waals surface area (Å²) in [4.78, 5) is 37.9. The Hall–Kier alpha value is -2.31. The van der Waals surface area contributed by atoms with Crippen molar-refractivity contribution in [3.05, 3.63) is 27.7 Å². The number of ether oxygens (including phenoxy) is 1.